The molecule has 2 aromatic carbocycles. The lowest BCUT2D eigenvalue weighted by Crippen LogP contribution is -1.78. The second-order valence-corrected chi connectivity index (χ2v) is 3.43. The summed E-state index contributed by atoms with van der Waals surface area (Å²) in [4.78, 5) is 2.72. The Morgan fingerprint density at radius 3 is 1.94 bits per heavy atom. The number of rotatable bonds is 2. The third-order valence-corrected chi connectivity index (χ3v) is 2.37. The minimum Gasteiger partial charge on any atom is -0.192 e. The molecular weight excluding hydrogens is 212 g/mol. The van der Waals surface area contributed by atoms with E-state index in [0.29, 0.717) is 11.3 Å². The van der Waals surface area contributed by atoms with Gasteiger partial charge in [-0.15, -0.1) is 0 Å². The highest BCUT2D eigenvalue weighted by Gasteiger charge is 1.97. The van der Waals surface area contributed by atoms with Crippen LogP contribution >= 0.6 is 0 Å². The van der Waals surface area contributed by atoms with Gasteiger partial charge in [-0.1, -0.05) is 41.5 Å². The SMILES string of the molecule is N#Cc1ccc(-c2ccc(N=[N+]=[N-])cc2)cc1. The minimum atomic E-state index is 0.588. The van der Waals surface area contributed by atoms with Crippen LogP contribution in [0.15, 0.2) is 53.6 Å². The molecule has 0 spiro atoms. The Hall–Kier alpha value is -2.76. The van der Waals surface area contributed by atoms with Crippen molar-refractivity contribution >= 4 is 5.69 Å². The summed E-state index contributed by atoms with van der Waals surface area (Å²) in [5.41, 5.74) is 11.6. The molecule has 0 aliphatic rings. The summed E-state index contributed by atoms with van der Waals surface area (Å²) >= 11 is 0. The molecule has 0 aromatic heterocycles. The molecule has 0 unspecified atom stereocenters. The third kappa shape index (κ3) is 2.43. The summed E-state index contributed by atoms with van der Waals surface area (Å²) in [7, 11) is 0. The Morgan fingerprint density at radius 2 is 1.47 bits per heavy atom. The van der Waals surface area contributed by atoms with Crippen molar-refractivity contribution < 1.29 is 0 Å². The van der Waals surface area contributed by atoms with Gasteiger partial charge in [0.2, 0.25) is 0 Å². The van der Waals surface area contributed by atoms with E-state index in [1.165, 1.54) is 0 Å². The maximum atomic E-state index is 8.70. The van der Waals surface area contributed by atoms with Gasteiger partial charge in [-0.25, -0.2) is 0 Å². The molecule has 0 aliphatic carbocycles. The fraction of sp³-hybridized carbons (Fsp3) is 0. The quantitative estimate of drug-likeness (QED) is 0.425. The van der Waals surface area contributed by atoms with Crippen LogP contribution < -0.4 is 0 Å². The summed E-state index contributed by atoms with van der Waals surface area (Å²) in [6, 6.07) is 16.7. The van der Waals surface area contributed by atoms with Crippen LogP contribution in [0.25, 0.3) is 21.6 Å². The monoisotopic (exact) mass is 220 g/mol. The number of hydrogen-bond acceptors (Lipinski definition) is 2. The molecule has 2 rings (SSSR count). The average molecular weight is 220 g/mol. The van der Waals surface area contributed by atoms with Crippen molar-refractivity contribution in [1.29, 1.82) is 5.26 Å². The van der Waals surface area contributed by atoms with Gasteiger partial charge in [0.1, 0.15) is 0 Å². The largest absolute Gasteiger partial charge is 0.192 e. The van der Waals surface area contributed by atoms with E-state index in [0.717, 1.165) is 11.1 Å². The van der Waals surface area contributed by atoms with E-state index in [9.17, 15) is 0 Å². The molecule has 0 heterocycles. The lowest BCUT2D eigenvalue weighted by Gasteiger charge is -2.01. The van der Waals surface area contributed by atoms with E-state index in [1.54, 1.807) is 24.3 Å². The Bertz CT molecular complexity index is 599. The Morgan fingerprint density at radius 1 is 0.941 bits per heavy atom. The molecule has 0 N–H and O–H groups in total. The van der Waals surface area contributed by atoms with Crippen molar-refractivity contribution in [2.24, 2.45) is 5.11 Å². The van der Waals surface area contributed by atoms with Crippen molar-refractivity contribution in [1.82, 2.24) is 0 Å². The van der Waals surface area contributed by atoms with Gasteiger partial charge < -0.3 is 0 Å². The first kappa shape index (κ1) is 10.7. The van der Waals surface area contributed by atoms with Gasteiger partial charge in [0, 0.05) is 10.6 Å². The normalized spacial score (nSPS) is 9.12. The topological polar surface area (TPSA) is 72.5 Å². The summed E-state index contributed by atoms with van der Waals surface area (Å²) in [6.07, 6.45) is 0. The number of hydrogen-bond donors (Lipinski definition) is 0. The van der Waals surface area contributed by atoms with Gasteiger partial charge in [-0.2, -0.15) is 5.26 Å². The highest BCUT2D eigenvalue weighted by atomic mass is 15.1. The molecule has 0 saturated carbocycles. The fourth-order valence-corrected chi connectivity index (χ4v) is 1.51. The van der Waals surface area contributed by atoms with Crippen LogP contribution in [0.4, 0.5) is 5.69 Å². The van der Waals surface area contributed by atoms with Crippen molar-refractivity contribution in [3.63, 3.8) is 0 Å². The average Bonchev–Trinajstić information content (AvgIpc) is 2.40. The van der Waals surface area contributed by atoms with E-state index in [2.05, 4.69) is 16.1 Å². The number of benzene rings is 2. The molecule has 0 aliphatic heterocycles. The Labute approximate surface area is 98.4 Å². The summed E-state index contributed by atoms with van der Waals surface area (Å²) in [6.45, 7) is 0. The molecule has 0 atom stereocenters. The first-order chi connectivity index (χ1) is 8.33. The van der Waals surface area contributed by atoms with Crippen molar-refractivity contribution in [3.05, 3.63) is 64.5 Å². The van der Waals surface area contributed by atoms with Crippen LogP contribution in [0.2, 0.25) is 0 Å². The van der Waals surface area contributed by atoms with Gasteiger partial charge in [0.25, 0.3) is 0 Å². The molecule has 0 radical (unpaired) electrons. The molecular formula is C13H8N4. The Kier molecular flexibility index (Phi) is 3.06. The van der Waals surface area contributed by atoms with Gasteiger partial charge in [-0.3, -0.25) is 0 Å². The highest BCUT2D eigenvalue weighted by molar-refractivity contribution is 5.66. The van der Waals surface area contributed by atoms with E-state index in [4.69, 9.17) is 10.8 Å². The second kappa shape index (κ2) is 4.84. The van der Waals surface area contributed by atoms with Crippen LogP contribution in [-0.2, 0) is 0 Å². The number of nitrogens with zero attached hydrogens (tertiary/aromatic N) is 4. The van der Waals surface area contributed by atoms with E-state index in [1.807, 2.05) is 24.3 Å². The molecule has 4 nitrogen and oxygen atoms in total. The third-order valence-electron chi connectivity index (χ3n) is 2.37. The fourth-order valence-electron chi connectivity index (χ4n) is 1.51. The minimum absolute atomic E-state index is 0.588. The molecule has 2 aromatic rings. The van der Waals surface area contributed by atoms with E-state index in [-0.39, 0.29) is 0 Å². The van der Waals surface area contributed by atoms with Crippen LogP contribution in [0, 0.1) is 11.3 Å². The number of azide groups is 1. The van der Waals surface area contributed by atoms with Gasteiger partial charge >= 0.3 is 0 Å². The molecule has 17 heavy (non-hydrogen) atoms. The maximum absolute atomic E-state index is 8.70. The molecule has 0 fully saturated rings. The van der Waals surface area contributed by atoms with Crippen LogP contribution in [0.1, 0.15) is 5.56 Å². The van der Waals surface area contributed by atoms with Crippen LogP contribution in [0.5, 0.6) is 0 Å². The summed E-state index contributed by atoms with van der Waals surface area (Å²) in [5, 5.41) is 12.2. The first-order valence-electron chi connectivity index (χ1n) is 4.99. The maximum Gasteiger partial charge on any atom is 0.0991 e. The van der Waals surface area contributed by atoms with Crippen LogP contribution in [-0.4, -0.2) is 0 Å². The molecule has 80 valence electrons. The van der Waals surface area contributed by atoms with E-state index >= 15 is 0 Å². The van der Waals surface area contributed by atoms with Crippen molar-refractivity contribution in [2.75, 3.05) is 0 Å². The predicted octanol–water partition coefficient (Wildman–Crippen LogP) is 4.17. The lowest BCUT2D eigenvalue weighted by molar-refractivity contribution is 1.46. The molecule has 4 heteroatoms. The van der Waals surface area contributed by atoms with E-state index < -0.39 is 0 Å². The second-order valence-electron chi connectivity index (χ2n) is 3.43. The molecule has 0 bridgehead atoms. The summed E-state index contributed by atoms with van der Waals surface area (Å²) in [5.74, 6) is 0. The van der Waals surface area contributed by atoms with Crippen molar-refractivity contribution in [3.8, 4) is 17.2 Å². The lowest BCUT2D eigenvalue weighted by atomic mass is 10.0. The standard InChI is InChI=1S/C13H8N4/c14-9-10-1-3-11(4-2-10)12-5-7-13(8-6-12)16-17-15/h1-8H. The zero-order valence-corrected chi connectivity index (χ0v) is 8.91. The van der Waals surface area contributed by atoms with Gasteiger partial charge in [0.15, 0.2) is 0 Å². The molecule has 0 saturated heterocycles. The first-order valence-corrected chi connectivity index (χ1v) is 4.99. The van der Waals surface area contributed by atoms with Crippen LogP contribution in [0.3, 0.4) is 0 Å². The smallest absolute Gasteiger partial charge is 0.0991 e. The number of nitriles is 1. The van der Waals surface area contributed by atoms with Crippen molar-refractivity contribution in [2.45, 2.75) is 0 Å². The highest BCUT2D eigenvalue weighted by Crippen LogP contribution is 2.22. The van der Waals surface area contributed by atoms with Gasteiger partial charge in [-0.05, 0) is 28.8 Å². The molecule has 0 amide bonds. The Balaban J connectivity index is 2.33. The van der Waals surface area contributed by atoms with Gasteiger partial charge in [0.05, 0.1) is 11.6 Å². The zero-order chi connectivity index (χ0) is 12.1. The summed E-state index contributed by atoms with van der Waals surface area (Å²) < 4.78 is 0. The predicted molar refractivity (Wildman–Crippen MR) is 65.4 cm³/mol. The zero-order valence-electron chi connectivity index (χ0n) is 8.91.